The third-order valence-corrected chi connectivity index (χ3v) is 4.48. The molecule has 3 rings (SSSR count). The lowest BCUT2D eigenvalue weighted by Gasteiger charge is -2.20. The van der Waals surface area contributed by atoms with Crippen LogP contribution in [0.15, 0.2) is 35.8 Å². The van der Waals surface area contributed by atoms with Crippen LogP contribution in [0.25, 0.3) is 0 Å². The van der Waals surface area contributed by atoms with E-state index < -0.39 is 12.1 Å². The van der Waals surface area contributed by atoms with E-state index in [-0.39, 0.29) is 19.1 Å². The lowest BCUT2D eigenvalue weighted by Crippen LogP contribution is -2.45. The van der Waals surface area contributed by atoms with Crippen molar-refractivity contribution in [3.63, 3.8) is 0 Å². The molecule has 8 heteroatoms. The topological polar surface area (TPSA) is 80.8 Å². The molecule has 2 aromatic rings. The Morgan fingerprint density at radius 1 is 1.50 bits per heavy atom. The molecule has 0 spiro atoms. The van der Waals surface area contributed by atoms with Gasteiger partial charge < -0.3 is 14.8 Å². The van der Waals surface area contributed by atoms with Crippen molar-refractivity contribution >= 4 is 23.3 Å². The van der Waals surface area contributed by atoms with Crippen molar-refractivity contribution in [3.05, 3.63) is 46.4 Å². The Kier molecular flexibility index (Phi) is 4.95. The van der Waals surface area contributed by atoms with Gasteiger partial charge in [-0.1, -0.05) is 18.2 Å². The first-order valence-corrected chi connectivity index (χ1v) is 8.28. The minimum atomic E-state index is -0.656. The zero-order chi connectivity index (χ0) is 16.9. The highest BCUT2D eigenvalue weighted by atomic mass is 32.1. The van der Waals surface area contributed by atoms with E-state index in [1.54, 1.807) is 13.3 Å². The molecule has 126 valence electrons. The number of nitrogens with one attached hydrogen (secondary N) is 1. The quantitative estimate of drug-likeness (QED) is 0.862. The third-order valence-electron chi connectivity index (χ3n) is 3.71. The molecule has 0 bridgehead atoms. The number of methoxy groups -OCH3 is 1. The number of hydrogen-bond donors (Lipinski definition) is 1. The second-order valence-corrected chi connectivity index (χ2v) is 6.16. The zero-order valence-electron chi connectivity index (χ0n) is 13.1. The molecule has 2 heterocycles. The highest BCUT2D eigenvalue weighted by Crippen LogP contribution is 2.19. The highest BCUT2D eigenvalue weighted by Gasteiger charge is 2.38. The SMILES string of the molecule is COc1ccccc1CNC(=O)[C@@H]1COC(=O)N1Cc1nccs1. The monoisotopic (exact) mass is 347 g/mol. The number of thiazole rings is 1. The van der Waals surface area contributed by atoms with Crippen LogP contribution in [0.3, 0.4) is 0 Å². The smallest absolute Gasteiger partial charge is 0.411 e. The lowest BCUT2D eigenvalue weighted by atomic mass is 10.2. The van der Waals surface area contributed by atoms with E-state index in [9.17, 15) is 9.59 Å². The molecule has 7 nitrogen and oxygen atoms in total. The Morgan fingerprint density at radius 3 is 3.08 bits per heavy atom. The Labute approximate surface area is 143 Å². The zero-order valence-corrected chi connectivity index (χ0v) is 13.9. The number of rotatable bonds is 6. The van der Waals surface area contributed by atoms with Gasteiger partial charge in [0.25, 0.3) is 0 Å². The number of benzene rings is 1. The van der Waals surface area contributed by atoms with Crippen molar-refractivity contribution in [2.75, 3.05) is 13.7 Å². The van der Waals surface area contributed by atoms with E-state index in [0.717, 1.165) is 10.6 Å². The summed E-state index contributed by atoms with van der Waals surface area (Å²) in [7, 11) is 1.58. The first kappa shape index (κ1) is 16.3. The number of carbonyl (C=O) groups excluding carboxylic acids is 2. The van der Waals surface area contributed by atoms with Gasteiger partial charge in [-0.05, 0) is 6.07 Å². The molecule has 0 radical (unpaired) electrons. The van der Waals surface area contributed by atoms with E-state index >= 15 is 0 Å². The van der Waals surface area contributed by atoms with Gasteiger partial charge in [0.05, 0.1) is 13.7 Å². The molecule has 0 saturated carbocycles. The van der Waals surface area contributed by atoms with E-state index in [1.807, 2.05) is 29.6 Å². The predicted octanol–water partition coefficient (Wildman–Crippen LogP) is 1.79. The fraction of sp³-hybridized carbons (Fsp3) is 0.312. The highest BCUT2D eigenvalue weighted by molar-refractivity contribution is 7.09. The molecule has 1 N–H and O–H groups in total. The summed E-state index contributed by atoms with van der Waals surface area (Å²) in [6, 6.07) is 6.79. The summed E-state index contributed by atoms with van der Waals surface area (Å²) in [6.07, 6.45) is 1.17. The van der Waals surface area contributed by atoms with E-state index in [4.69, 9.17) is 9.47 Å². The first-order chi connectivity index (χ1) is 11.7. The lowest BCUT2D eigenvalue weighted by molar-refractivity contribution is -0.125. The summed E-state index contributed by atoms with van der Waals surface area (Å²) in [5.41, 5.74) is 0.866. The fourth-order valence-corrected chi connectivity index (χ4v) is 3.08. The maximum absolute atomic E-state index is 12.5. The number of nitrogens with zero attached hydrogens (tertiary/aromatic N) is 2. The van der Waals surface area contributed by atoms with Crippen LogP contribution in [-0.4, -0.2) is 41.6 Å². The third kappa shape index (κ3) is 3.48. The summed E-state index contributed by atoms with van der Waals surface area (Å²) in [5, 5.41) is 5.42. The van der Waals surface area contributed by atoms with Crippen LogP contribution in [0.4, 0.5) is 4.79 Å². The van der Waals surface area contributed by atoms with Gasteiger partial charge in [0.15, 0.2) is 0 Å². The summed E-state index contributed by atoms with van der Waals surface area (Å²) in [6.45, 7) is 0.629. The largest absolute Gasteiger partial charge is 0.496 e. The Bertz CT molecular complexity index is 720. The van der Waals surface area contributed by atoms with E-state index in [0.29, 0.717) is 12.3 Å². The molecule has 1 atom stereocenters. The van der Waals surface area contributed by atoms with Gasteiger partial charge in [0.1, 0.15) is 23.4 Å². The molecule has 1 aromatic carbocycles. The van der Waals surface area contributed by atoms with Crippen LogP contribution in [0.1, 0.15) is 10.6 Å². The molecule has 1 fully saturated rings. The van der Waals surface area contributed by atoms with Crippen molar-refractivity contribution in [3.8, 4) is 5.75 Å². The van der Waals surface area contributed by atoms with Crippen molar-refractivity contribution in [1.29, 1.82) is 0 Å². The van der Waals surface area contributed by atoms with Crippen molar-refractivity contribution in [1.82, 2.24) is 15.2 Å². The summed E-state index contributed by atoms with van der Waals surface area (Å²) in [4.78, 5) is 29.9. The van der Waals surface area contributed by atoms with Gasteiger partial charge in [-0.2, -0.15) is 0 Å². The van der Waals surface area contributed by atoms with Crippen LogP contribution in [0.2, 0.25) is 0 Å². The molecule has 0 unspecified atom stereocenters. The summed E-state index contributed by atoms with van der Waals surface area (Å²) < 4.78 is 10.3. The van der Waals surface area contributed by atoms with Gasteiger partial charge in [-0.15, -0.1) is 11.3 Å². The molecule has 24 heavy (non-hydrogen) atoms. The van der Waals surface area contributed by atoms with Crippen LogP contribution >= 0.6 is 11.3 Å². The van der Waals surface area contributed by atoms with Crippen LogP contribution in [-0.2, 0) is 22.6 Å². The minimum absolute atomic E-state index is 0.0436. The number of cyclic esters (lactones) is 1. The van der Waals surface area contributed by atoms with Crippen LogP contribution in [0, 0.1) is 0 Å². The molecule has 1 aliphatic rings. The Morgan fingerprint density at radius 2 is 2.33 bits per heavy atom. The van der Waals surface area contributed by atoms with E-state index in [1.165, 1.54) is 16.2 Å². The van der Waals surface area contributed by atoms with E-state index in [2.05, 4.69) is 10.3 Å². The number of para-hydroxylation sites is 1. The standard InChI is InChI=1S/C16H17N3O4S/c1-22-13-5-3-2-4-11(13)8-18-15(20)12-10-23-16(21)19(12)9-14-17-6-7-24-14/h2-7,12H,8-10H2,1H3,(H,18,20)/t12-/m0/s1. The first-order valence-electron chi connectivity index (χ1n) is 7.40. The van der Waals surface area contributed by atoms with Gasteiger partial charge in [0, 0.05) is 23.7 Å². The second-order valence-electron chi connectivity index (χ2n) is 5.18. The molecule has 1 aliphatic heterocycles. The Hall–Kier alpha value is -2.61. The van der Waals surface area contributed by atoms with Gasteiger partial charge in [-0.25, -0.2) is 9.78 Å². The normalized spacial score (nSPS) is 16.8. The van der Waals surface area contributed by atoms with Gasteiger partial charge in [-0.3, -0.25) is 9.69 Å². The molecule has 0 aliphatic carbocycles. The average molecular weight is 347 g/mol. The fourth-order valence-electron chi connectivity index (χ4n) is 2.47. The van der Waals surface area contributed by atoms with Gasteiger partial charge >= 0.3 is 6.09 Å². The maximum Gasteiger partial charge on any atom is 0.411 e. The van der Waals surface area contributed by atoms with Crippen molar-refractivity contribution < 1.29 is 19.1 Å². The molecular weight excluding hydrogens is 330 g/mol. The summed E-state index contributed by atoms with van der Waals surface area (Å²) >= 11 is 1.43. The minimum Gasteiger partial charge on any atom is -0.496 e. The number of hydrogen-bond acceptors (Lipinski definition) is 6. The van der Waals surface area contributed by atoms with Crippen LogP contribution in [0.5, 0.6) is 5.75 Å². The molecular formula is C16H17N3O4S. The maximum atomic E-state index is 12.5. The molecule has 1 aromatic heterocycles. The number of aromatic nitrogens is 1. The number of ether oxygens (including phenoxy) is 2. The molecule has 2 amide bonds. The number of carbonyl (C=O) groups is 2. The van der Waals surface area contributed by atoms with Crippen LogP contribution < -0.4 is 10.1 Å². The number of amides is 2. The second kappa shape index (κ2) is 7.31. The predicted molar refractivity (Wildman–Crippen MR) is 87.6 cm³/mol. The molecule has 1 saturated heterocycles. The Balaban J connectivity index is 1.64. The summed E-state index contributed by atoms with van der Waals surface area (Å²) in [5.74, 6) is 0.444. The van der Waals surface area contributed by atoms with Crippen molar-refractivity contribution in [2.45, 2.75) is 19.1 Å². The van der Waals surface area contributed by atoms with Gasteiger partial charge in [0.2, 0.25) is 5.91 Å². The van der Waals surface area contributed by atoms with Crippen molar-refractivity contribution in [2.24, 2.45) is 0 Å². The average Bonchev–Trinajstić information content (AvgIpc) is 3.24.